The van der Waals surface area contributed by atoms with Crippen LogP contribution >= 0.6 is 0 Å². The van der Waals surface area contributed by atoms with Gasteiger partial charge in [0.25, 0.3) is 0 Å². The number of halogens is 2. The quantitative estimate of drug-likeness (QED) is 0.719. The Morgan fingerprint density at radius 1 is 1.17 bits per heavy atom. The minimum atomic E-state index is -0.535. The second-order valence-electron chi connectivity index (χ2n) is 2.71. The van der Waals surface area contributed by atoms with Crippen molar-refractivity contribution in [3.8, 4) is 0 Å². The molecule has 0 spiro atoms. The second kappa shape index (κ2) is 3.63. The normalized spacial score (nSPS) is 13.0. The molecule has 0 aliphatic heterocycles. The first-order chi connectivity index (χ1) is 5.63. The average molecular weight is 171 g/mol. The first kappa shape index (κ1) is 9.13. The summed E-state index contributed by atoms with van der Waals surface area (Å²) in [6, 6.07) is 3.48. The summed E-state index contributed by atoms with van der Waals surface area (Å²) >= 11 is 0. The summed E-state index contributed by atoms with van der Waals surface area (Å²) in [5.41, 5.74) is 0.620. The highest BCUT2D eigenvalue weighted by atomic mass is 19.1. The van der Waals surface area contributed by atoms with Crippen molar-refractivity contribution in [2.24, 2.45) is 0 Å². The molecule has 1 aromatic rings. The predicted octanol–water partition coefficient (Wildman–Crippen LogP) is 2.25. The molecular formula is C9H11F2N. The maximum Gasteiger partial charge on any atom is 0.126 e. The van der Waals surface area contributed by atoms with E-state index < -0.39 is 11.6 Å². The number of hydrogen-bond acceptors (Lipinski definition) is 1. The lowest BCUT2D eigenvalue weighted by Crippen LogP contribution is -2.12. The highest BCUT2D eigenvalue weighted by Crippen LogP contribution is 2.14. The molecule has 0 bridgehead atoms. The number of nitrogens with one attached hydrogen (secondary N) is 1. The van der Waals surface area contributed by atoms with Crippen LogP contribution in [-0.4, -0.2) is 7.05 Å². The lowest BCUT2D eigenvalue weighted by molar-refractivity contribution is 0.566. The maximum absolute atomic E-state index is 12.7. The third-order valence-corrected chi connectivity index (χ3v) is 1.82. The van der Waals surface area contributed by atoms with Crippen LogP contribution in [0.3, 0.4) is 0 Å². The molecule has 0 aromatic heterocycles. The first-order valence-corrected chi connectivity index (χ1v) is 3.76. The van der Waals surface area contributed by atoms with Crippen LogP contribution < -0.4 is 5.32 Å². The summed E-state index contributed by atoms with van der Waals surface area (Å²) in [5.74, 6) is -1.07. The van der Waals surface area contributed by atoms with E-state index in [0.717, 1.165) is 6.07 Å². The molecule has 0 unspecified atom stereocenters. The van der Waals surface area contributed by atoms with E-state index in [1.54, 1.807) is 7.05 Å². The summed E-state index contributed by atoms with van der Waals surface area (Å²) < 4.78 is 25.3. The topological polar surface area (TPSA) is 12.0 Å². The Morgan fingerprint density at radius 2 is 1.67 bits per heavy atom. The fraction of sp³-hybridized carbons (Fsp3) is 0.333. The van der Waals surface area contributed by atoms with Gasteiger partial charge in [0, 0.05) is 12.1 Å². The lowest BCUT2D eigenvalue weighted by atomic mass is 10.1. The van der Waals surface area contributed by atoms with Crippen molar-refractivity contribution in [2.45, 2.75) is 13.0 Å². The predicted molar refractivity (Wildman–Crippen MR) is 43.8 cm³/mol. The Bertz CT molecular complexity index is 253. The summed E-state index contributed by atoms with van der Waals surface area (Å²) in [4.78, 5) is 0. The van der Waals surface area contributed by atoms with E-state index in [2.05, 4.69) is 5.32 Å². The zero-order valence-electron chi connectivity index (χ0n) is 7.07. The maximum atomic E-state index is 12.7. The minimum absolute atomic E-state index is 0.0322. The van der Waals surface area contributed by atoms with Gasteiger partial charge in [-0.2, -0.15) is 0 Å². The van der Waals surface area contributed by atoms with Gasteiger partial charge in [-0.1, -0.05) is 0 Å². The van der Waals surface area contributed by atoms with Gasteiger partial charge < -0.3 is 5.32 Å². The average Bonchev–Trinajstić information content (AvgIpc) is 2.01. The fourth-order valence-electron chi connectivity index (χ4n) is 0.992. The van der Waals surface area contributed by atoms with Gasteiger partial charge in [0.05, 0.1) is 0 Å². The van der Waals surface area contributed by atoms with E-state index in [4.69, 9.17) is 0 Å². The molecule has 1 N–H and O–H groups in total. The van der Waals surface area contributed by atoms with Crippen LogP contribution in [0.5, 0.6) is 0 Å². The zero-order valence-corrected chi connectivity index (χ0v) is 7.07. The summed E-state index contributed by atoms with van der Waals surface area (Å²) in [7, 11) is 1.74. The minimum Gasteiger partial charge on any atom is -0.313 e. The van der Waals surface area contributed by atoms with E-state index in [1.807, 2.05) is 6.92 Å². The molecule has 0 aliphatic rings. The molecule has 1 nitrogen and oxygen atoms in total. The van der Waals surface area contributed by atoms with Crippen molar-refractivity contribution >= 4 is 0 Å². The van der Waals surface area contributed by atoms with Crippen LogP contribution in [0.4, 0.5) is 8.78 Å². The van der Waals surface area contributed by atoms with Crippen molar-refractivity contribution in [2.75, 3.05) is 7.05 Å². The van der Waals surface area contributed by atoms with E-state index in [1.165, 1.54) is 12.1 Å². The van der Waals surface area contributed by atoms with E-state index >= 15 is 0 Å². The molecule has 0 radical (unpaired) electrons. The Kier molecular flexibility index (Phi) is 2.76. The van der Waals surface area contributed by atoms with Gasteiger partial charge in [-0.05, 0) is 31.7 Å². The van der Waals surface area contributed by atoms with Gasteiger partial charge >= 0.3 is 0 Å². The molecule has 0 amide bonds. The van der Waals surface area contributed by atoms with Gasteiger partial charge in [0.15, 0.2) is 0 Å². The third kappa shape index (κ3) is 2.01. The van der Waals surface area contributed by atoms with Crippen molar-refractivity contribution in [1.82, 2.24) is 5.32 Å². The van der Waals surface area contributed by atoms with Crippen molar-refractivity contribution in [3.05, 3.63) is 35.4 Å². The first-order valence-electron chi connectivity index (χ1n) is 3.76. The van der Waals surface area contributed by atoms with Gasteiger partial charge in [-0.15, -0.1) is 0 Å². The third-order valence-electron chi connectivity index (χ3n) is 1.82. The molecule has 0 saturated carbocycles. The zero-order chi connectivity index (χ0) is 9.14. The summed E-state index contributed by atoms with van der Waals surface area (Å²) in [5, 5.41) is 2.90. The van der Waals surface area contributed by atoms with Crippen LogP contribution in [0.15, 0.2) is 18.2 Å². The monoisotopic (exact) mass is 171 g/mol. The SMILES string of the molecule is CN[C@@H](C)c1cc(F)cc(F)c1. The van der Waals surface area contributed by atoms with Gasteiger partial charge in [-0.25, -0.2) is 8.78 Å². The Hall–Kier alpha value is -0.960. The van der Waals surface area contributed by atoms with Crippen LogP contribution in [0, 0.1) is 11.6 Å². The van der Waals surface area contributed by atoms with E-state index in [-0.39, 0.29) is 6.04 Å². The largest absolute Gasteiger partial charge is 0.313 e. The van der Waals surface area contributed by atoms with Crippen LogP contribution in [0.25, 0.3) is 0 Å². The Labute approximate surface area is 70.4 Å². The summed E-state index contributed by atoms with van der Waals surface area (Å²) in [6.07, 6.45) is 0. The van der Waals surface area contributed by atoms with Crippen molar-refractivity contribution in [1.29, 1.82) is 0 Å². The van der Waals surface area contributed by atoms with Crippen molar-refractivity contribution < 1.29 is 8.78 Å². The molecule has 12 heavy (non-hydrogen) atoms. The summed E-state index contributed by atoms with van der Waals surface area (Å²) in [6.45, 7) is 1.84. The van der Waals surface area contributed by atoms with Crippen molar-refractivity contribution in [3.63, 3.8) is 0 Å². The highest BCUT2D eigenvalue weighted by molar-refractivity contribution is 5.20. The van der Waals surface area contributed by atoms with Gasteiger partial charge in [0.1, 0.15) is 11.6 Å². The molecule has 1 aromatic carbocycles. The number of rotatable bonds is 2. The smallest absolute Gasteiger partial charge is 0.126 e. The fourth-order valence-corrected chi connectivity index (χ4v) is 0.992. The molecule has 1 rings (SSSR count). The van der Waals surface area contributed by atoms with Gasteiger partial charge in [0.2, 0.25) is 0 Å². The standard InChI is InChI=1S/C9H11F2N/c1-6(12-2)7-3-8(10)5-9(11)4-7/h3-6,12H,1-2H3/t6-/m0/s1. The molecular weight excluding hydrogens is 160 g/mol. The molecule has 3 heteroatoms. The molecule has 0 aliphatic carbocycles. The second-order valence-corrected chi connectivity index (χ2v) is 2.71. The highest BCUT2D eigenvalue weighted by Gasteiger charge is 2.05. The van der Waals surface area contributed by atoms with Crippen LogP contribution in [0.2, 0.25) is 0 Å². The molecule has 0 heterocycles. The number of benzene rings is 1. The lowest BCUT2D eigenvalue weighted by Gasteiger charge is -2.10. The van der Waals surface area contributed by atoms with E-state index in [0.29, 0.717) is 5.56 Å². The molecule has 0 fully saturated rings. The molecule has 66 valence electrons. The molecule has 0 saturated heterocycles. The van der Waals surface area contributed by atoms with Gasteiger partial charge in [-0.3, -0.25) is 0 Å². The Morgan fingerprint density at radius 3 is 2.08 bits per heavy atom. The number of hydrogen-bond donors (Lipinski definition) is 1. The van der Waals surface area contributed by atoms with Crippen LogP contribution in [0.1, 0.15) is 18.5 Å². The van der Waals surface area contributed by atoms with Crippen LogP contribution in [-0.2, 0) is 0 Å². The Balaban J connectivity index is 3.00. The molecule has 1 atom stereocenters. The van der Waals surface area contributed by atoms with E-state index in [9.17, 15) is 8.78 Å².